The molecular formula is C28H39NO. The zero-order valence-electron chi connectivity index (χ0n) is 18.9. The highest BCUT2D eigenvalue weighted by Crippen LogP contribution is 2.29. The fourth-order valence-electron chi connectivity index (χ4n) is 4.60. The molecule has 0 spiro atoms. The Bertz CT molecular complexity index is 854. The van der Waals surface area contributed by atoms with Gasteiger partial charge < -0.3 is 0 Å². The minimum absolute atomic E-state index is 0.232. The van der Waals surface area contributed by atoms with Gasteiger partial charge in [0.1, 0.15) is 0 Å². The van der Waals surface area contributed by atoms with Crippen molar-refractivity contribution in [3.05, 3.63) is 48.5 Å². The van der Waals surface area contributed by atoms with Gasteiger partial charge in [-0.05, 0) is 18.6 Å². The molecule has 0 saturated carbocycles. The summed E-state index contributed by atoms with van der Waals surface area (Å²) in [7, 11) is 0. The number of unbranched alkanes of at least 4 members (excludes halogenated alkanes) is 12. The number of hydrogen-bond acceptors (Lipinski definition) is 1. The molecule has 0 atom stereocenters. The molecule has 2 nitrogen and oxygen atoms in total. The van der Waals surface area contributed by atoms with Gasteiger partial charge >= 0.3 is 0 Å². The van der Waals surface area contributed by atoms with Crippen molar-refractivity contribution in [2.75, 3.05) is 0 Å². The summed E-state index contributed by atoms with van der Waals surface area (Å²) in [6.07, 6.45) is 17.9. The highest BCUT2D eigenvalue weighted by Gasteiger charge is 2.14. The van der Waals surface area contributed by atoms with Crippen LogP contribution in [0.15, 0.2) is 48.5 Å². The Hall–Kier alpha value is -2.09. The first-order chi connectivity index (χ1) is 14.8. The average Bonchev–Trinajstić information content (AvgIpc) is 3.11. The van der Waals surface area contributed by atoms with E-state index in [2.05, 4.69) is 43.3 Å². The van der Waals surface area contributed by atoms with E-state index in [9.17, 15) is 4.79 Å². The largest absolute Gasteiger partial charge is 0.280 e. The van der Waals surface area contributed by atoms with Gasteiger partial charge in [0.2, 0.25) is 5.91 Å². The lowest BCUT2D eigenvalue weighted by atomic mass is 10.0. The van der Waals surface area contributed by atoms with Crippen LogP contribution >= 0.6 is 0 Å². The summed E-state index contributed by atoms with van der Waals surface area (Å²) in [5, 5.41) is 2.35. The molecule has 0 N–H and O–H groups in total. The van der Waals surface area contributed by atoms with Gasteiger partial charge in [0.05, 0.1) is 11.0 Å². The molecule has 3 rings (SSSR count). The van der Waals surface area contributed by atoms with Crippen LogP contribution in [0.4, 0.5) is 0 Å². The minimum atomic E-state index is 0.232. The summed E-state index contributed by atoms with van der Waals surface area (Å²) < 4.78 is 1.94. The van der Waals surface area contributed by atoms with Gasteiger partial charge in [-0.2, -0.15) is 0 Å². The molecule has 0 radical (unpaired) electrons. The summed E-state index contributed by atoms with van der Waals surface area (Å²) in [6, 6.07) is 16.5. The molecule has 0 unspecified atom stereocenters. The molecule has 0 fully saturated rings. The van der Waals surface area contributed by atoms with Gasteiger partial charge in [-0.25, -0.2) is 0 Å². The van der Waals surface area contributed by atoms with Gasteiger partial charge in [0, 0.05) is 17.2 Å². The summed E-state index contributed by atoms with van der Waals surface area (Å²) in [4.78, 5) is 13.0. The maximum absolute atomic E-state index is 13.0. The molecular weight excluding hydrogens is 366 g/mol. The van der Waals surface area contributed by atoms with Gasteiger partial charge in [-0.1, -0.05) is 120 Å². The van der Waals surface area contributed by atoms with Crippen molar-refractivity contribution < 1.29 is 4.79 Å². The standard InChI is InChI=1S/C28H39NO/c1-2-3-4-5-6-7-8-9-10-11-12-13-14-23-28(30)29-26-21-17-15-19-24(26)25-20-16-18-22-27(25)29/h15-22H,2-14,23H2,1H3. The molecule has 162 valence electrons. The number of para-hydroxylation sites is 2. The molecule has 0 aliphatic carbocycles. The predicted octanol–water partition coefficient (Wildman–Crippen LogP) is 8.92. The van der Waals surface area contributed by atoms with Crippen LogP contribution in [0.1, 0.15) is 102 Å². The Morgan fingerprint density at radius 2 is 1.00 bits per heavy atom. The highest BCUT2D eigenvalue weighted by molar-refractivity contribution is 6.13. The summed E-state index contributed by atoms with van der Waals surface area (Å²) in [6.45, 7) is 2.28. The topological polar surface area (TPSA) is 22.0 Å². The first-order valence-electron chi connectivity index (χ1n) is 12.3. The van der Waals surface area contributed by atoms with E-state index >= 15 is 0 Å². The van der Waals surface area contributed by atoms with Crippen LogP contribution in [-0.2, 0) is 0 Å². The Morgan fingerprint density at radius 1 is 0.600 bits per heavy atom. The monoisotopic (exact) mass is 405 g/mol. The third-order valence-electron chi connectivity index (χ3n) is 6.32. The van der Waals surface area contributed by atoms with Crippen molar-refractivity contribution in [2.45, 2.75) is 96.8 Å². The third kappa shape index (κ3) is 6.20. The zero-order valence-corrected chi connectivity index (χ0v) is 18.9. The average molecular weight is 406 g/mol. The number of carbonyl (C=O) groups excluding carboxylic acids is 1. The van der Waals surface area contributed by atoms with E-state index in [-0.39, 0.29) is 5.91 Å². The van der Waals surface area contributed by atoms with Crippen LogP contribution in [0.5, 0.6) is 0 Å². The summed E-state index contributed by atoms with van der Waals surface area (Å²) in [5.74, 6) is 0.232. The van der Waals surface area contributed by atoms with Crippen molar-refractivity contribution in [1.29, 1.82) is 0 Å². The lowest BCUT2D eigenvalue weighted by Crippen LogP contribution is -2.09. The maximum atomic E-state index is 13.0. The molecule has 0 saturated heterocycles. The van der Waals surface area contributed by atoms with Crippen molar-refractivity contribution in [3.8, 4) is 0 Å². The van der Waals surface area contributed by atoms with Gasteiger partial charge in [0.25, 0.3) is 0 Å². The fraction of sp³-hybridized carbons (Fsp3) is 0.536. The SMILES string of the molecule is CCCCCCCCCCCCCCCC(=O)n1c2ccccc2c2ccccc21. The van der Waals surface area contributed by atoms with Crippen LogP contribution < -0.4 is 0 Å². The van der Waals surface area contributed by atoms with Gasteiger partial charge in [-0.15, -0.1) is 0 Å². The lowest BCUT2D eigenvalue weighted by molar-refractivity contribution is 0.0909. The molecule has 3 aromatic rings. The van der Waals surface area contributed by atoms with Crippen LogP contribution in [0, 0.1) is 0 Å². The molecule has 0 aliphatic rings. The van der Waals surface area contributed by atoms with Crippen LogP contribution in [0.25, 0.3) is 21.8 Å². The number of benzene rings is 2. The summed E-state index contributed by atoms with van der Waals surface area (Å²) >= 11 is 0. The van der Waals surface area contributed by atoms with Crippen molar-refractivity contribution >= 4 is 27.7 Å². The molecule has 30 heavy (non-hydrogen) atoms. The van der Waals surface area contributed by atoms with Gasteiger partial charge in [-0.3, -0.25) is 9.36 Å². The smallest absolute Gasteiger partial charge is 0.231 e. The normalized spacial score (nSPS) is 11.5. The van der Waals surface area contributed by atoms with E-state index in [0.717, 1.165) is 17.5 Å². The van der Waals surface area contributed by atoms with E-state index < -0.39 is 0 Å². The minimum Gasteiger partial charge on any atom is -0.280 e. The number of carbonyl (C=O) groups is 1. The fourth-order valence-corrected chi connectivity index (χ4v) is 4.60. The van der Waals surface area contributed by atoms with Crippen molar-refractivity contribution in [2.24, 2.45) is 0 Å². The lowest BCUT2D eigenvalue weighted by Gasteiger charge is -2.06. The Labute approximate surface area is 182 Å². The Kier molecular flexibility index (Phi) is 9.47. The second-order valence-corrected chi connectivity index (χ2v) is 8.76. The molecule has 0 aliphatic heterocycles. The first kappa shape index (κ1) is 22.6. The first-order valence-corrected chi connectivity index (χ1v) is 12.3. The number of nitrogens with zero attached hydrogens (tertiary/aromatic N) is 1. The summed E-state index contributed by atoms with van der Waals surface area (Å²) in [5.41, 5.74) is 2.08. The zero-order chi connectivity index (χ0) is 21.0. The van der Waals surface area contributed by atoms with Crippen molar-refractivity contribution in [1.82, 2.24) is 4.57 Å². The Balaban J connectivity index is 1.34. The quantitative estimate of drug-likeness (QED) is 0.245. The number of rotatable bonds is 14. The second-order valence-electron chi connectivity index (χ2n) is 8.76. The predicted molar refractivity (Wildman–Crippen MR) is 130 cm³/mol. The van der Waals surface area contributed by atoms with E-state index in [4.69, 9.17) is 0 Å². The van der Waals surface area contributed by atoms with E-state index in [1.54, 1.807) is 0 Å². The molecule has 1 aromatic heterocycles. The van der Waals surface area contributed by atoms with E-state index in [1.807, 2.05) is 16.7 Å². The second kappa shape index (κ2) is 12.6. The molecule has 2 aromatic carbocycles. The molecule has 2 heteroatoms. The maximum Gasteiger partial charge on any atom is 0.231 e. The Morgan fingerprint density at radius 3 is 1.47 bits per heavy atom. The number of hydrogen-bond donors (Lipinski definition) is 0. The van der Waals surface area contributed by atoms with Gasteiger partial charge in [0.15, 0.2) is 0 Å². The van der Waals surface area contributed by atoms with Crippen LogP contribution in [-0.4, -0.2) is 10.5 Å². The van der Waals surface area contributed by atoms with Crippen LogP contribution in [0.3, 0.4) is 0 Å². The molecule has 0 bridgehead atoms. The van der Waals surface area contributed by atoms with Crippen LogP contribution in [0.2, 0.25) is 0 Å². The highest BCUT2D eigenvalue weighted by atomic mass is 16.2. The number of fused-ring (bicyclic) bond motifs is 3. The molecule has 0 amide bonds. The van der Waals surface area contributed by atoms with E-state index in [0.29, 0.717) is 6.42 Å². The van der Waals surface area contributed by atoms with Crippen molar-refractivity contribution in [3.63, 3.8) is 0 Å². The third-order valence-corrected chi connectivity index (χ3v) is 6.32. The molecule has 1 heterocycles. The van der Waals surface area contributed by atoms with E-state index in [1.165, 1.54) is 87.8 Å². The number of aromatic nitrogens is 1.